The van der Waals surface area contributed by atoms with Crippen LogP contribution in [-0.2, 0) is 18.4 Å². The summed E-state index contributed by atoms with van der Waals surface area (Å²) in [6.45, 7) is 4.57. The highest BCUT2D eigenvalue weighted by molar-refractivity contribution is 7.45. The van der Waals surface area contributed by atoms with E-state index in [1.54, 1.807) is 6.08 Å². The number of hydrogen-bond acceptors (Lipinski definition) is 6. The summed E-state index contributed by atoms with van der Waals surface area (Å²) in [5.74, 6) is -0.216. The molecule has 0 bridgehead atoms. The monoisotopic (exact) mass is 809 g/mol. The molecule has 56 heavy (non-hydrogen) atoms. The van der Waals surface area contributed by atoms with E-state index in [9.17, 15) is 19.4 Å². The predicted octanol–water partition coefficient (Wildman–Crippen LogP) is 12.2. The van der Waals surface area contributed by atoms with E-state index in [1.165, 1.54) is 122 Å². The number of quaternary nitrogens is 1. The van der Waals surface area contributed by atoms with E-state index in [-0.39, 0.29) is 12.5 Å². The third-order valence-corrected chi connectivity index (χ3v) is 11.0. The van der Waals surface area contributed by atoms with Crippen molar-refractivity contribution in [3.63, 3.8) is 0 Å². The van der Waals surface area contributed by atoms with Gasteiger partial charge in [0.05, 0.1) is 39.9 Å². The summed E-state index contributed by atoms with van der Waals surface area (Å²) in [6, 6.07) is -0.909. The van der Waals surface area contributed by atoms with Gasteiger partial charge in [0.2, 0.25) is 5.91 Å². The number of unbranched alkanes of at least 4 members (excludes halogenated alkanes) is 22. The summed E-state index contributed by atoms with van der Waals surface area (Å²) in [7, 11) is 1.23. The highest BCUT2D eigenvalue weighted by atomic mass is 31.2. The number of amides is 1. The van der Waals surface area contributed by atoms with Crippen LogP contribution in [0.1, 0.15) is 194 Å². The maximum absolute atomic E-state index is 12.9. The van der Waals surface area contributed by atoms with Crippen molar-refractivity contribution in [1.29, 1.82) is 0 Å². The Morgan fingerprint density at radius 2 is 1.00 bits per heavy atom. The molecular formula is C47H89N2O6P. The number of phosphoric acid groups is 1. The lowest BCUT2D eigenvalue weighted by Crippen LogP contribution is -2.45. The minimum Gasteiger partial charge on any atom is -0.756 e. The van der Waals surface area contributed by atoms with Crippen LogP contribution in [0.5, 0.6) is 0 Å². The van der Waals surface area contributed by atoms with Crippen LogP contribution in [0.2, 0.25) is 0 Å². The Bertz CT molecular complexity index is 1050. The van der Waals surface area contributed by atoms with E-state index in [4.69, 9.17) is 9.05 Å². The van der Waals surface area contributed by atoms with Crippen LogP contribution in [0.15, 0.2) is 48.6 Å². The Balaban J connectivity index is 4.38. The maximum atomic E-state index is 12.9. The number of allylic oxidation sites excluding steroid dienone is 7. The maximum Gasteiger partial charge on any atom is 0.268 e. The fourth-order valence-electron chi connectivity index (χ4n) is 6.30. The summed E-state index contributed by atoms with van der Waals surface area (Å²) >= 11 is 0. The van der Waals surface area contributed by atoms with Gasteiger partial charge in [-0.25, -0.2) is 0 Å². The van der Waals surface area contributed by atoms with Gasteiger partial charge in [-0.1, -0.05) is 165 Å². The fraction of sp³-hybridized carbons (Fsp3) is 0.809. The van der Waals surface area contributed by atoms with Gasteiger partial charge in [0.15, 0.2) is 0 Å². The van der Waals surface area contributed by atoms with Crippen LogP contribution >= 0.6 is 7.82 Å². The Labute approximate surface area is 346 Å². The lowest BCUT2D eigenvalue weighted by Gasteiger charge is -2.29. The van der Waals surface area contributed by atoms with Gasteiger partial charge in [-0.3, -0.25) is 9.36 Å². The number of aliphatic hydroxyl groups excluding tert-OH is 1. The average Bonchev–Trinajstić information content (AvgIpc) is 3.15. The van der Waals surface area contributed by atoms with E-state index < -0.39 is 26.6 Å². The van der Waals surface area contributed by atoms with Gasteiger partial charge in [-0.2, -0.15) is 0 Å². The number of aliphatic hydroxyl groups is 1. The fourth-order valence-corrected chi connectivity index (χ4v) is 7.02. The smallest absolute Gasteiger partial charge is 0.268 e. The molecular weight excluding hydrogens is 719 g/mol. The van der Waals surface area contributed by atoms with Crippen LogP contribution in [0.4, 0.5) is 0 Å². The second-order valence-corrected chi connectivity index (χ2v) is 18.1. The number of carbonyl (C=O) groups excluding carboxylic acids is 1. The summed E-state index contributed by atoms with van der Waals surface area (Å²) < 4.78 is 23.2. The third-order valence-electron chi connectivity index (χ3n) is 9.99. The minimum absolute atomic E-state index is 0.0103. The van der Waals surface area contributed by atoms with E-state index in [0.717, 1.165) is 51.4 Å². The number of likely N-dealkylation sites (N-methyl/N-ethyl adjacent to an activating group) is 1. The molecule has 1 amide bonds. The second-order valence-electron chi connectivity index (χ2n) is 16.7. The van der Waals surface area contributed by atoms with Gasteiger partial charge in [-0.05, 0) is 70.6 Å². The number of carbonyl (C=O) groups is 1. The second kappa shape index (κ2) is 38.9. The van der Waals surface area contributed by atoms with Gasteiger partial charge in [0.25, 0.3) is 7.82 Å². The zero-order chi connectivity index (χ0) is 41.4. The Morgan fingerprint density at radius 3 is 1.48 bits per heavy atom. The topological polar surface area (TPSA) is 108 Å². The van der Waals surface area contributed by atoms with Crippen molar-refractivity contribution in [3.8, 4) is 0 Å². The molecule has 3 unspecified atom stereocenters. The van der Waals surface area contributed by atoms with Crippen LogP contribution in [0.25, 0.3) is 0 Å². The van der Waals surface area contributed by atoms with Gasteiger partial charge >= 0.3 is 0 Å². The van der Waals surface area contributed by atoms with Crippen molar-refractivity contribution in [2.24, 2.45) is 0 Å². The minimum atomic E-state index is -4.60. The molecule has 0 aliphatic rings. The van der Waals surface area contributed by atoms with Crippen LogP contribution in [-0.4, -0.2) is 68.5 Å². The first-order chi connectivity index (χ1) is 27.0. The van der Waals surface area contributed by atoms with Crippen LogP contribution < -0.4 is 10.2 Å². The van der Waals surface area contributed by atoms with Gasteiger partial charge < -0.3 is 28.8 Å². The van der Waals surface area contributed by atoms with Gasteiger partial charge in [0, 0.05) is 6.42 Å². The van der Waals surface area contributed by atoms with Gasteiger partial charge in [-0.15, -0.1) is 0 Å². The SMILES string of the molecule is CCCCC/C=C/CC/C=C/CC/C=C/C(O)C(COP(=O)([O-])OCC[N+](C)(C)C)NC(=O)CCCCCCCCCCC/C=C\CCCCCCCCCC. The summed E-state index contributed by atoms with van der Waals surface area (Å²) in [4.78, 5) is 25.3. The van der Waals surface area contributed by atoms with E-state index >= 15 is 0 Å². The molecule has 0 fully saturated rings. The highest BCUT2D eigenvalue weighted by Crippen LogP contribution is 2.38. The van der Waals surface area contributed by atoms with Crippen LogP contribution in [0, 0.1) is 0 Å². The zero-order valence-corrected chi connectivity index (χ0v) is 38.0. The molecule has 0 aromatic heterocycles. The largest absolute Gasteiger partial charge is 0.756 e. The van der Waals surface area contributed by atoms with Crippen LogP contribution in [0.3, 0.4) is 0 Å². The van der Waals surface area contributed by atoms with Crippen molar-refractivity contribution in [2.45, 2.75) is 206 Å². The molecule has 0 saturated heterocycles. The molecule has 328 valence electrons. The van der Waals surface area contributed by atoms with E-state index in [2.05, 4.69) is 55.6 Å². The molecule has 0 saturated carbocycles. The molecule has 8 nitrogen and oxygen atoms in total. The molecule has 0 rings (SSSR count). The summed E-state index contributed by atoms with van der Waals surface area (Å²) in [5.41, 5.74) is 0. The number of hydrogen-bond donors (Lipinski definition) is 2. The molecule has 9 heteroatoms. The van der Waals surface area contributed by atoms with Crippen molar-refractivity contribution in [3.05, 3.63) is 48.6 Å². The van der Waals surface area contributed by atoms with Crippen molar-refractivity contribution >= 4 is 13.7 Å². The lowest BCUT2D eigenvalue weighted by molar-refractivity contribution is -0.870. The number of nitrogens with one attached hydrogen (secondary N) is 1. The number of nitrogens with zero attached hydrogens (tertiary/aromatic N) is 1. The first-order valence-corrected chi connectivity index (χ1v) is 24.5. The third kappa shape index (κ3) is 40.6. The van der Waals surface area contributed by atoms with Crippen molar-refractivity contribution in [1.82, 2.24) is 5.32 Å². The quantitative estimate of drug-likeness (QED) is 0.0276. The predicted molar refractivity (Wildman–Crippen MR) is 238 cm³/mol. The first kappa shape index (κ1) is 54.5. The van der Waals surface area contributed by atoms with Gasteiger partial charge in [0.1, 0.15) is 13.2 Å². The Hall–Kier alpha value is -1.54. The normalized spacial score (nSPS) is 14.8. The summed E-state index contributed by atoms with van der Waals surface area (Å²) in [6.07, 6.45) is 48.8. The average molecular weight is 809 g/mol. The molecule has 0 radical (unpaired) electrons. The molecule has 3 atom stereocenters. The lowest BCUT2D eigenvalue weighted by atomic mass is 10.0. The molecule has 0 aromatic rings. The summed E-state index contributed by atoms with van der Waals surface area (Å²) in [5, 5.41) is 13.7. The Kier molecular flexibility index (Phi) is 37.9. The molecule has 0 aliphatic carbocycles. The zero-order valence-electron chi connectivity index (χ0n) is 37.1. The number of rotatable bonds is 41. The standard InChI is InChI=1S/C47H89N2O6P/c1-6-8-10-12-14-16-18-20-21-22-23-24-25-26-27-29-31-33-35-37-39-41-47(51)48-45(44-55-56(52,53)54-43-42-49(3,4)5)46(50)40-38-36-34-32-30-28-19-17-15-13-11-9-7-2/h15,17,22-23,30,32,38,40,45-46,50H,6-14,16,18-21,24-29,31,33-37,39,41-44H2,1-5H3,(H-,48,51,52,53)/b17-15+,23-22-,32-30+,40-38+. The Morgan fingerprint density at radius 1 is 0.607 bits per heavy atom. The highest BCUT2D eigenvalue weighted by Gasteiger charge is 2.23. The molecule has 2 N–H and O–H groups in total. The molecule has 0 aromatic carbocycles. The molecule has 0 spiro atoms. The van der Waals surface area contributed by atoms with E-state index in [1.807, 2.05) is 27.2 Å². The first-order valence-electron chi connectivity index (χ1n) is 23.0. The van der Waals surface area contributed by atoms with Crippen molar-refractivity contribution in [2.75, 3.05) is 40.9 Å². The van der Waals surface area contributed by atoms with Crippen molar-refractivity contribution < 1.29 is 32.9 Å². The van der Waals surface area contributed by atoms with E-state index in [0.29, 0.717) is 17.4 Å². The molecule has 0 heterocycles. The molecule has 0 aliphatic heterocycles. The number of phosphoric ester groups is 1.